The molecule has 3 aromatic rings. The lowest BCUT2D eigenvalue weighted by atomic mass is 9.84. The molecule has 3 aliphatic rings. The summed E-state index contributed by atoms with van der Waals surface area (Å²) in [6.07, 6.45) is 18.7. The largest absolute Gasteiger partial charge is 0.207 e. The van der Waals surface area contributed by atoms with E-state index in [9.17, 15) is 8.78 Å². The zero-order valence-electron chi connectivity index (χ0n) is 34.1. The minimum Gasteiger partial charge on any atom is -0.207 e. The Morgan fingerprint density at radius 1 is 0.420 bits per heavy atom. The second-order valence-electron chi connectivity index (χ2n) is 15.9. The van der Waals surface area contributed by atoms with Crippen molar-refractivity contribution in [3.05, 3.63) is 129 Å². The molecular formula is C48H74F2. The summed E-state index contributed by atoms with van der Waals surface area (Å²) >= 11 is 0. The lowest BCUT2D eigenvalue weighted by Crippen LogP contribution is -2.08. The molecule has 0 saturated heterocycles. The summed E-state index contributed by atoms with van der Waals surface area (Å²) in [7, 11) is 0. The van der Waals surface area contributed by atoms with Crippen molar-refractivity contribution in [2.24, 2.45) is 23.7 Å². The molecule has 50 heavy (non-hydrogen) atoms. The van der Waals surface area contributed by atoms with Gasteiger partial charge in [0.15, 0.2) is 0 Å². The first kappa shape index (κ1) is 45.0. The van der Waals surface area contributed by atoms with Gasteiger partial charge in [-0.15, -0.1) is 0 Å². The van der Waals surface area contributed by atoms with Crippen LogP contribution in [-0.4, -0.2) is 0 Å². The van der Waals surface area contributed by atoms with Crippen molar-refractivity contribution in [3.63, 3.8) is 0 Å². The monoisotopic (exact) mass is 689 g/mol. The number of allylic oxidation sites excluding steroid dienone is 4. The van der Waals surface area contributed by atoms with Crippen LogP contribution < -0.4 is 0 Å². The fourth-order valence-electron chi connectivity index (χ4n) is 5.65. The van der Waals surface area contributed by atoms with Crippen LogP contribution in [-0.2, 0) is 0 Å². The third-order valence-electron chi connectivity index (χ3n) is 9.98. The summed E-state index contributed by atoms with van der Waals surface area (Å²) < 4.78 is 25.2. The van der Waals surface area contributed by atoms with Crippen LogP contribution in [0.5, 0.6) is 0 Å². The van der Waals surface area contributed by atoms with Gasteiger partial charge in [0, 0.05) is 1.43 Å². The maximum Gasteiger partial charge on any atom is 0.126 e. The van der Waals surface area contributed by atoms with Crippen LogP contribution in [0.3, 0.4) is 0 Å². The highest BCUT2D eigenvalue weighted by Gasteiger charge is 2.13. The number of aryl methyl sites for hydroxylation is 6. The molecule has 6 rings (SSSR count). The highest BCUT2D eigenvalue weighted by molar-refractivity contribution is 5.22. The van der Waals surface area contributed by atoms with E-state index < -0.39 is 0 Å². The van der Waals surface area contributed by atoms with Crippen LogP contribution in [0.15, 0.2) is 84.0 Å². The van der Waals surface area contributed by atoms with Gasteiger partial charge in [-0.25, -0.2) is 8.78 Å². The van der Waals surface area contributed by atoms with Crippen LogP contribution >= 0.6 is 0 Å². The first-order valence-electron chi connectivity index (χ1n) is 19.4. The highest BCUT2D eigenvalue weighted by atomic mass is 19.1. The summed E-state index contributed by atoms with van der Waals surface area (Å²) in [4.78, 5) is 0. The smallest absolute Gasteiger partial charge is 0.126 e. The van der Waals surface area contributed by atoms with Gasteiger partial charge in [-0.1, -0.05) is 136 Å². The van der Waals surface area contributed by atoms with Gasteiger partial charge in [-0.3, -0.25) is 0 Å². The minimum atomic E-state index is -0.116. The SMILES string of the molecule is CC1=CCC(C)CC1.CC1=CCC(C)CC1.CC1CCC(C)CC1.Cc1ccc(C)c(F)c1.Cc1ccc(C)c(F)c1.Cc1ccc(C)cc1.[HH]. The van der Waals surface area contributed by atoms with E-state index in [4.69, 9.17) is 0 Å². The van der Waals surface area contributed by atoms with Gasteiger partial charge in [-0.05, 0) is 152 Å². The third-order valence-corrected chi connectivity index (χ3v) is 9.98. The summed E-state index contributed by atoms with van der Waals surface area (Å²) in [5.74, 6) is 3.69. The van der Waals surface area contributed by atoms with E-state index in [-0.39, 0.29) is 13.1 Å². The van der Waals surface area contributed by atoms with E-state index in [2.05, 4.69) is 91.8 Å². The van der Waals surface area contributed by atoms with Crippen molar-refractivity contribution >= 4 is 0 Å². The van der Waals surface area contributed by atoms with Crippen LogP contribution in [0.1, 0.15) is 141 Å². The molecule has 3 aromatic carbocycles. The molecule has 3 aliphatic carbocycles. The predicted molar refractivity (Wildman–Crippen MR) is 220 cm³/mol. The Kier molecular flexibility index (Phi) is 22.5. The Morgan fingerprint density at radius 3 is 0.940 bits per heavy atom. The van der Waals surface area contributed by atoms with Crippen molar-refractivity contribution in [1.82, 2.24) is 0 Å². The van der Waals surface area contributed by atoms with Crippen molar-refractivity contribution in [2.75, 3.05) is 0 Å². The standard InChI is InChI=1S/2C8H9F.C8H16.2C8H14.C8H10.H2/c2*1-6-3-4-7(2)8(9)5-6;4*1-7-3-5-8(2)6-4-7;/h2*3-5H,1-2H3;7-8H,3-6H2,1-2H3;2*3,8H,4-6H2,1-2H3;3-6H,1-2H3;1H. The van der Waals surface area contributed by atoms with E-state index >= 15 is 0 Å². The third kappa shape index (κ3) is 22.0. The molecule has 0 heterocycles. The number of rotatable bonds is 0. The fourth-order valence-corrected chi connectivity index (χ4v) is 5.65. The molecule has 0 amide bonds. The molecule has 0 bridgehead atoms. The van der Waals surface area contributed by atoms with E-state index in [1.165, 1.54) is 87.5 Å². The number of benzene rings is 3. The fraction of sp³-hybridized carbons (Fsp3) is 0.542. The molecule has 0 radical (unpaired) electrons. The highest BCUT2D eigenvalue weighted by Crippen LogP contribution is 2.27. The topological polar surface area (TPSA) is 0 Å². The molecule has 0 spiro atoms. The van der Waals surface area contributed by atoms with Crippen LogP contribution in [0.25, 0.3) is 0 Å². The summed E-state index contributed by atoms with van der Waals surface area (Å²) in [6, 6.07) is 18.9. The zero-order chi connectivity index (χ0) is 37.6. The molecule has 0 aromatic heterocycles. The normalized spacial score (nSPS) is 20.8. The minimum absolute atomic E-state index is 0. The molecule has 0 N–H and O–H groups in total. The number of hydrogen-bond acceptors (Lipinski definition) is 0. The maximum atomic E-state index is 12.6. The first-order chi connectivity index (χ1) is 23.5. The Hall–Kier alpha value is -3.00. The second kappa shape index (κ2) is 25.0. The van der Waals surface area contributed by atoms with Crippen LogP contribution in [0.2, 0.25) is 0 Å². The average molecular weight is 689 g/mol. The lowest BCUT2D eigenvalue weighted by molar-refractivity contribution is 0.308. The molecule has 1 fully saturated rings. The van der Waals surface area contributed by atoms with Crippen molar-refractivity contribution in [2.45, 2.75) is 147 Å². The Bertz CT molecular complexity index is 1300. The van der Waals surface area contributed by atoms with Crippen molar-refractivity contribution in [1.29, 1.82) is 0 Å². The molecule has 2 atom stereocenters. The van der Waals surface area contributed by atoms with Gasteiger partial charge in [0.1, 0.15) is 11.6 Å². The van der Waals surface area contributed by atoms with E-state index in [0.29, 0.717) is 11.1 Å². The zero-order valence-corrected chi connectivity index (χ0v) is 34.1. The Balaban J connectivity index is 0.000000586. The van der Waals surface area contributed by atoms with E-state index in [1.807, 2.05) is 26.0 Å². The van der Waals surface area contributed by atoms with Crippen molar-refractivity contribution in [3.8, 4) is 0 Å². The number of halogens is 2. The molecular weight excluding hydrogens is 615 g/mol. The van der Waals surface area contributed by atoms with Gasteiger partial charge in [0.2, 0.25) is 0 Å². The summed E-state index contributed by atoms with van der Waals surface area (Å²) in [5.41, 5.74) is 9.19. The van der Waals surface area contributed by atoms with Crippen LogP contribution in [0.4, 0.5) is 8.78 Å². The molecule has 0 nitrogen and oxygen atoms in total. The predicted octanol–water partition coefficient (Wildman–Crippen LogP) is 15.8. The van der Waals surface area contributed by atoms with Gasteiger partial charge in [0.05, 0.1) is 0 Å². The molecule has 2 heteroatoms. The molecule has 0 aliphatic heterocycles. The Morgan fingerprint density at radius 2 is 0.720 bits per heavy atom. The van der Waals surface area contributed by atoms with Gasteiger partial charge >= 0.3 is 0 Å². The Labute approximate surface area is 309 Å². The number of hydrogen-bond donors (Lipinski definition) is 0. The molecule has 2 unspecified atom stereocenters. The molecule has 1 saturated carbocycles. The van der Waals surface area contributed by atoms with Crippen molar-refractivity contribution < 1.29 is 10.2 Å². The summed E-state index contributed by atoms with van der Waals surface area (Å²) in [5, 5.41) is 0. The summed E-state index contributed by atoms with van der Waals surface area (Å²) in [6.45, 7) is 25.3. The van der Waals surface area contributed by atoms with E-state index in [0.717, 1.165) is 34.8 Å². The van der Waals surface area contributed by atoms with Gasteiger partial charge in [0.25, 0.3) is 0 Å². The van der Waals surface area contributed by atoms with Crippen LogP contribution in [0, 0.1) is 76.8 Å². The second-order valence-corrected chi connectivity index (χ2v) is 15.9. The molecule has 280 valence electrons. The average Bonchev–Trinajstić information content (AvgIpc) is 3.08. The van der Waals surface area contributed by atoms with Gasteiger partial charge in [-0.2, -0.15) is 0 Å². The quantitative estimate of drug-likeness (QED) is 0.206. The maximum absolute atomic E-state index is 12.6. The van der Waals surface area contributed by atoms with Gasteiger partial charge < -0.3 is 0 Å². The first-order valence-corrected chi connectivity index (χ1v) is 19.4. The lowest BCUT2D eigenvalue weighted by Gasteiger charge is -2.22. The van der Waals surface area contributed by atoms with E-state index in [1.54, 1.807) is 37.1 Å².